The van der Waals surface area contributed by atoms with E-state index in [2.05, 4.69) is 64.2 Å². The number of hydrogen-bond acceptors (Lipinski definition) is 15. The molecule has 4 unspecified atom stereocenters. The van der Waals surface area contributed by atoms with E-state index in [1.165, 1.54) is 22.3 Å². The number of carbonyl (C=O) groups excluding carboxylic acids is 4. The summed E-state index contributed by atoms with van der Waals surface area (Å²) in [6, 6.07) is 77.8. The molecule has 11 aromatic carbocycles. The number of methoxy groups -OCH3 is 3. The number of aryl methyl sites for hydroxylation is 1. The zero-order valence-electron chi connectivity index (χ0n) is 76.2. The van der Waals surface area contributed by atoms with Crippen molar-refractivity contribution >= 4 is 137 Å². The van der Waals surface area contributed by atoms with Crippen LogP contribution in [0.3, 0.4) is 0 Å². The number of alkyl halides is 1. The number of benzene rings is 11. The summed E-state index contributed by atoms with van der Waals surface area (Å²) in [4.78, 5) is 77.8. The molecule has 0 bridgehead atoms. The van der Waals surface area contributed by atoms with Crippen molar-refractivity contribution in [3.8, 4) is 46.0 Å². The summed E-state index contributed by atoms with van der Waals surface area (Å²) >= 11 is 26.9. The number of fused-ring (bicyclic) bond motifs is 12. The molecule has 4 amide bonds. The van der Waals surface area contributed by atoms with Gasteiger partial charge in [0.2, 0.25) is 0 Å². The number of ether oxygens (including phenoxy) is 10. The van der Waals surface area contributed by atoms with E-state index in [1.54, 1.807) is 95.7 Å². The fourth-order valence-electron chi connectivity index (χ4n) is 18.2. The quantitative estimate of drug-likeness (QED) is 0.0249. The number of amides is 4. The summed E-state index contributed by atoms with van der Waals surface area (Å²) in [5.74, 6) is 5.69. The van der Waals surface area contributed by atoms with Gasteiger partial charge < -0.3 is 71.9 Å². The second-order valence-electron chi connectivity index (χ2n) is 33.2. The molecule has 29 heteroatoms. The average molecular weight is 2030 g/mol. The van der Waals surface area contributed by atoms with Crippen molar-refractivity contribution in [1.82, 2.24) is 49.1 Å². The van der Waals surface area contributed by atoms with Gasteiger partial charge in [-0.3, -0.25) is 19.6 Å². The van der Waals surface area contributed by atoms with Crippen LogP contribution in [0.5, 0.6) is 46.0 Å². The maximum absolute atomic E-state index is 13.5. The number of hydrogen-bond donors (Lipinski definition) is 4. The fraction of sp³-hybridized carbons (Fsp3) is 0.250. The molecule has 704 valence electrons. The Kier molecular flexibility index (Phi) is 31.0. The summed E-state index contributed by atoms with van der Waals surface area (Å²) in [5, 5.41) is 6.99. The number of aromatic amines is 4. The number of carbonyl (C=O) groups is 4. The molecule has 0 aliphatic carbocycles. The molecule has 9 heterocycles. The normalized spacial score (nSPS) is 15.2. The Labute approximate surface area is 827 Å². The molecule has 0 saturated heterocycles. The first kappa shape index (κ1) is 95.3. The number of nitrogens with zero attached hydrogens (tertiary/aromatic N) is 6. The SMILES string of the molecule is CCOC(=O)N1CCc2c([nH]c3ccc(Cl)cc23)C1c1ccc(OCCCCn2ccnc2)cc1.CCOC(=O)N1CCc2c([nH]c3ccc(OC)cc23)C1c1ccc(OC)cc1.COc1ccc(C2c3[nH]c4ccc(OCc5ccccc5)cc4c3CCN2C(=O)Oc2ccc(Cl)cc2)cc1.O=C(Oc1ccc(Cl)cc1)N1CCc2c([nH]c3ccc(Cl)cc23)C1c1ccc(OCCCI)cc1. The standard InChI is InChI=1S/C32H27ClN2O4.C27H23Cl2IN2O3.C27H29ClN4O3.C22H24N2O4/c1-37-24-11-7-22(8-12-24)31-30-27(17-18-35(31)32(36)39-25-13-9-23(33)10-14-25)28-19-26(15-16-29(28)34-30)38-20-21-5-3-2-4-6-21;28-18-4-9-21(10-5-18)35-27(33)32-14-12-22-23-16-19(29)6-11-24(23)31-25(22)26(32)17-2-7-20(8-3-17)34-15-1-13-30;1-2-34-27(33)32-14-11-22-23-17-20(28)7-10-24(23)30-25(22)26(32)19-5-8-21(9-6-19)35-16-4-3-13-31-15-12-29-18-31;1-4-28-22(25)24-12-11-17-18-13-16(27-3)9-10-19(18)23-20(17)21(24)14-5-7-15(26-2)8-6-14/h2-16,19,31,34H,17-18,20H2,1H3;2-11,16,26,31H,1,12-15H2;5-10,12,15,17-18,26,30H,2-4,11,13-14,16H2,1H3;5-10,13,21,23H,4,11-12H2,1-3H3. The molecule has 4 aliphatic rings. The molecule has 24 nitrogen and oxygen atoms in total. The van der Waals surface area contributed by atoms with E-state index < -0.39 is 12.2 Å². The first-order valence-electron chi connectivity index (χ1n) is 45.6. The lowest BCUT2D eigenvalue weighted by molar-refractivity contribution is 0.0924. The van der Waals surface area contributed by atoms with Gasteiger partial charge in [0, 0.05) is 136 Å². The fourth-order valence-corrected chi connectivity index (χ4v) is 19.1. The van der Waals surface area contributed by atoms with Crippen LogP contribution in [0.1, 0.15) is 130 Å². The minimum absolute atomic E-state index is 0.243. The summed E-state index contributed by atoms with van der Waals surface area (Å²) in [7, 11) is 4.95. The molecule has 0 fully saturated rings. The molecule has 0 saturated carbocycles. The second-order valence-corrected chi connectivity index (χ2v) is 36.0. The van der Waals surface area contributed by atoms with Crippen LogP contribution in [-0.4, -0.2) is 152 Å². The van der Waals surface area contributed by atoms with E-state index in [0.717, 1.165) is 172 Å². The molecule has 20 rings (SSSR count). The lowest BCUT2D eigenvalue weighted by atomic mass is 9.92. The monoisotopic (exact) mass is 2030 g/mol. The lowest BCUT2D eigenvalue weighted by Crippen LogP contribution is -2.42. The Balaban J connectivity index is 0.000000127. The van der Waals surface area contributed by atoms with Gasteiger partial charge in [0.15, 0.2) is 0 Å². The molecule has 5 aromatic heterocycles. The van der Waals surface area contributed by atoms with Crippen LogP contribution in [0.15, 0.2) is 267 Å². The first-order valence-corrected chi connectivity index (χ1v) is 48.7. The molecule has 4 N–H and O–H groups in total. The van der Waals surface area contributed by atoms with Crippen LogP contribution in [-0.2, 0) is 48.3 Å². The van der Waals surface area contributed by atoms with Crippen LogP contribution in [0.2, 0.25) is 20.1 Å². The number of nitrogens with one attached hydrogen (secondary N) is 4. The minimum atomic E-state index is -0.422. The predicted octanol–water partition coefficient (Wildman–Crippen LogP) is 25.7. The van der Waals surface area contributed by atoms with Crippen LogP contribution < -0.4 is 37.9 Å². The van der Waals surface area contributed by atoms with E-state index in [9.17, 15) is 19.2 Å². The predicted molar refractivity (Wildman–Crippen MR) is 543 cm³/mol. The van der Waals surface area contributed by atoms with Crippen LogP contribution >= 0.6 is 69.0 Å². The van der Waals surface area contributed by atoms with Gasteiger partial charge >= 0.3 is 24.4 Å². The summed E-state index contributed by atoms with van der Waals surface area (Å²) < 4.78 is 59.3. The average Bonchev–Trinajstić information content (AvgIpc) is 1.60. The van der Waals surface area contributed by atoms with E-state index in [1.807, 2.05) is 214 Å². The van der Waals surface area contributed by atoms with Gasteiger partial charge in [0.05, 0.1) is 54.1 Å². The molecular formula is C108H103Cl4IN10O14. The van der Waals surface area contributed by atoms with Crippen molar-refractivity contribution in [1.29, 1.82) is 0 Å². The van der Waals surface area contributed by atoms with Gasteiger partial charge in [-0.15, -0.1) is 0 Å². The molecule has 4 atom stereocenters. The smallest absolute Gasteiger partial charge is 0.416 e. The topological polar surface area (TPSA) is 255 Å². The van der Waals surface area contributed by atoms with Crippen molar-refractivity contribution in [3.63, 3.8) is 0 Å². The lowest BCUT2D eigenvalue weighted by Gasteiger charge is -2.35. The summed E-state index contributed by atoms with van der Waals surface area (Å²) in [6.45, 7) is 9.28. The number of halogens is 5. The third-order valence-electron chi connectivity index (χ3n) is 24.8. The molecule has 0 radical (unpaired) electrons. The highest BCUT2D eigenvalue weighted by atomic mass is 127. The van der Waals surface area contributed by atoms with Crippen LogP contribution in [0.25, 0.3) is 43.6 Å². The van der Waals surface area contributed by atoms with Crippen molar-refractivity contribution < 1.29 is 66.5 Å². The van der Waals surface area contributed by atoms with Crippen molar-refractivity contribution in [2.24, 2.45) is 0 Å². The van der Waals surface area contributed by atoms with E-state index in [4.69, 9.17) is 93.8 Å². The van der Waals surface area contributed by atoms with Crippen LogP contribution in [0, 0.1) is 0 Å². The Bertz CT molecular complexity index is 6850. The molecule has 16 aromatic rings. The molecule has 0 spiro atoms. The van der Waals surface area contributed by atoms with Crippen molar-refractivity contribution in [3.05, 3.63) is 360 Å². The maximum atomic E-state index is 13.5. The Hall–Kier alpha value is -13.4. The van der Waals surface area contributed by atoms with Gasteiger partial charge in [-0.2, -0.15) is 0 Å². The van der Waals surface area contributed by atoms with E-state index in [-0.39, 0.29) is 36.4 Å². The van der Waals surface area contributed by atoms with Crippen LogP contribution in [0.4, 0.5) is 19.2 Å². The highest BCUT2D eigenvalue weighted by Gasteiger charge is 2.41. The first-order chi connectivity index (χ1) is 66.9. The van der Waals surface area contributed by atoms with Gasteiger partial charge in [-0.05, 0) is 279 Å². The highest BCUT2D eigenvalue weighted by molar-refractivity contribution is 14.1. The van der Waals surface area contributed by atoms with Crippen molar-refractivity contribution in [2.75, 3.05) is 78.4 Å². The third-order valence-corrected chi connectivity index (χ3v) is 26.5. The number of aromatic nitrogens is 6. The molecular weight excluding hydrogens is 1930 g/mol. The van der Waals surface area contributed by atoms with Gasteiger partial charge in [0.25, 0.3) is 0 Å². The van der Waals surface area contributed by atoms with E-state index in [0.29, 0.717) is 104 Å². The largest absolute Gasteiger partial charge is 0.497 e. The number of rotatable bonds is 24. The Morgan fingerprint density at radius 1 is 0.372 bits per heavy atom. The number of imidazole rings is 1. The summed E-state index contributed by atoms with van der Waals surface area (Å²) in [6.07, 6.45) is 10.0. The number of unbranched alkanes of at least 4 members (excludes halogenated alkanes) is 1. The molecule has 137 heavy (non-hydrogen) atoms. The maximum Gasteiger partial charge on any atom is 0.416 e. The molecule has 4 aliphatic heterocycles. The Morgan fingerprint density at radius 3 is 1.09 bits per heavy atom. The van der Waals surface area contributed by atoms with Gasteiger partial charge in [-0.25, -0.2) is 24.2 Å². The van der Waals surface area contributed by atoms with Gasteiger partial charge in [-0.1, -0.05) is 148 Å². The van der Waals surface area contributed by atoms with Crippen molar-refractivity contribution in [2.45, 2.75) is 96.1 Å². The zero-order chi connectivity index (χ0) is 95.0. The minimum Gasteiger partial charge on any atom is -0.497 e. The highest BCUT2D eigenvalue weighted by Crippen LogP contribution is 2.46. The zero-order valence-corrected chi connectivity index (χ0v) is 81.4. The third kappa shape index (κ3) is 22.2. The Morgan fingerprint density at radius 2 is 0.715 bits per heavy atom. The van der Waals surface area contributed by atoms with E-state index >= 15 is 0 Å². The van der Waals surface area contributed by atoms with Gasteiger partial charge in [0.1, 0.15) is 76.8 Å². The number of H-pyrrole nitrogens is 4. The summed E-state index contributed by atoms with van der Waals surface area (Å²) in [5.41, 5.74) is 17.8. The second kappa shape index (κ2) is 44.6.